The zero-order valence-corrected chi connectivity index (χ0v) is 9.37. The van der Waals surface area contributed by atoms with Crippen LogP contribution in [0.25, 0.3) is 0 Å². The van der Waals surface area contributed by atoms with Crippen molar-refractivity contribution in [3.63, 3.8) is 0 Å². The lowest BCUT2D eigenvalue weighted by Crippen LogP contribution is -2.42. The molecule has 0 saturated carbocycles. The zero-order chi connectivity index (χ0) is 9.14. The van der Waals surface area contributed by atoms with Crippen molar-refractivity contribution in [2.45, 2.75) is 19.1 Å². The van der Waals surface area contributed by atoms with Gasteiger partial charge in [0.2, 0.25) is 5.91 Å². The van der Waals surface area contributed by atoms with Gasteiger partial charge in [0, 0.05) is 50.0 Å². The summed E-state index contributed by atoms with van der Waals surface area (Å²) in [6.45, 7) is 3.27. The van der Waals surface area contributed by atoms with Crippen LogP contribution in [0.15, 0.2) is 0 Å². The molecule has 1 aliphatic rings. The maximum atomic E-state index is 10.8. The summed E-state index contributed by atoms with van der Waals surface area (Å²) in [6.07, 6.45) is 0.130. The van der Waals surface area contributed by atoms with Crippen molar-refractivity contribution in [1.29, 1.82) is 0 Å². The third-order valence-corrected chi connectivity index (χ3v) is 2.70. The number of amides is 1. The molecule has 5 heteroatoms. The molecular formula is C7H13IN2O2. The predicted octanol–water partition coefficient (Wildman–Crippen LogP) is 0.172. The molecule has 0 aromatic rings. The maximum Gasteiger partial charge on any atom is 0.217 e. The SMILES string of the molecule is COC1CN(I)CC1NC(C)=O. The molecule has 1 fully saturated rings. The Bertz CT molecular complexity index is 177. The van der Waals surface area contributed by atoms with Crippen LogP contribution in [-0.4, -0.2) is 41.4 Å². The Morgan fingerprint density at radius 1 is 1.67 bits per heavy atom. The summed E-state index contributed by atoms with van der Waals surface area (Å²) in [4.78, 5) is 10.8. The Balaban J connectivity index is 2.46. The van der Waals surface area contributed by atoms with Gasteiger partial charge in [-0.3, -0.25) is 4.79 Å². The number of rotatable bonds is 2. The Morgan fingerprint density at radius 3 is 2.83 bits per heavy atom. The van der Waals surface area contributed by atoms with Gasteiger partial charge >= 0.3 is 0 Å². The second-order valence-corrected chi connectivity index (χ2v) is 4.27. The van der Waals surface area contributed by atoms with Crippen molar-refractivity contribution in [3.05, 3.63) is 0 Å². The molecule has 0 radical (unpaired) electrons. The molecule has 1 heterocycles. The van der Waals surface area contributed by atoms with Crippen LogP contribution >= 0.6 is 22.9 Å². The van der Waals surface area contributed by atoms with Gasteiger partial charge in [0.15, 0.2) is 0 Å². The molecule has 12 heavy (non-hydrogen) atoms. The second-order valence-electron chi connectivity index (χ2n) is 2.91. The van der Waals surface area contributed by atoms with Crippen molar-refractivity contribution in [1.82, 2.24) is 8.43 Å². The van der Waals surface area contributed by atoms with Gasteiger partial charge < -0.3 is 10.1 Å². The standard InChI is InChI=1S/C7H13IN2O2/c1-5(11)9-6-3-10(8)4-7(6)12-2/h6-7H,3-4H2,1-2H3,(H,9,11). The monoisotopic (exact) mass is 284 g/mol. The van der Waals surface area contributed by atoms with Crippen LogP contribution in [0.5, 0.6) is 0 Å². The highest BCUT2D eigenvalue weighted by Crippen LogP contribution is 2.16. The van der Waals surface area contributed by atoms with Crippen molar-refractivity contribution in [2.75, 3.05) is 20.2 Å². The fraction of sp³-hybridized carbons (Fsp3) is 0.857. The molecule has 2 unspecified atom stereocenters. The Hall–Kier alpha value is 0.120. The predicted molar refractivity (Wildman–Crippen MR) is 54.0 cm³/mol. The first-order valence-electron chi connectivity index (χ1n) is 3.84. The lowest BCUT2D eigenvalue weighted by molar-refractivity contribution is -0.120. The van der Waals surface area contributed by atoms with E-state index in [-0.39, 0.29) is 18.1 Å². The van der Waals surface area contributed by atoms with Gasteiger partial charge in [-0.25, -0.2) is 3.11 Å². The molecule has 1 rings (SSSR count). The fourth-order valence-corrected chi connectivity index (χ4v) is 2.18. The molecule has 0 aliphatic carbocycles. The number of nitrogens with zero attached hydrogens (tertiary/aromatic N) is 1. The van der Waals surface area contributed by atoms with E-state index in [1.54, 1.807) is 7.11 Å². The van der Waals surface area contributed by atoms with E-state index >= 15 is 0 Å². The lowest BCUT2D eigenvalue weighted by Gasteiger charge is -2.16. The van der Waals surface area contributed by atoms with E-state index in [4.69, 9.17) is 4.74 Å². The minimum atomic E-state index is 0.00810. The smallest absolute Gasteiger partial charge is 0.217 e. The number of hydrogen-bond donors (Lipinski definition) is 1. The molecular weight excluding hydrogens is 271 g/mol. The lowest BCUT2D eigenvalue weighted by atomic mass is 10.2. The molecule has 4 nitrogen and oxygen atoms in total. The Labute approximate surface area is 86.1 Å². The molecule has 1 aliphatic heterocycles. The van der Waals surface area contributed by atoms with Gasteiger partial charge in [0.05, 0.1) is 12.1 Å². The van der Waals surface area contributed by atoms with Crippen LogP contribution in [-0.2, 0) is 9.53 Å². The summed E-state index contributed by atoms with van der Waals surface area (Å²) in [6, 6.07) is 0.143. The number of methoxy groups -OCH3 is 1. The summed E-state index contributed by atoms with van der Waals surface area (Å²) in [5.74, 6) is 0.00810. The largest absolute Gasteiger partial charge is 0.378 e. The third-order valence-electron chi connectivity index (χ3n) is 1.91. The summed E-state index contributed by atoms with van der Waals surface area (Å²) < 4.78 is 7.35. The molecule has 0 aromatic heterocycles. The summed E-state index contributed by atoms with van der Waals surface area (Å²) in [7, 11) is 1.68. The average molecular weight is 284 g/mol. The number of ether oxygens (including phenoxy) is 1. The van der Waals surface area contributed by atoms with E-state index < -0.39 is 0 Å². The van der Waals surface area contributed by atoms with Gasteiger partial charge in [-0.1, -0.05) is 0 Å². The maximum absolute atomic E-state index is 10.8. The molecule has 70 valence electrons. The van der Waals surface area contributed by atoms with Gasteiger partial charge in [-0.2, -0.15) is 0 Å². The van der Waals surface area contributed by atoms with Gasteiger partial charge in [0.25, 0.3) is 0 Å². The van der Waals surface area contributed by atoms with Crippen molar-refractivity contribution >= 4 is 28.8 Å². The van der Waals surface area contributed by atoms with Crippen LogP contribution in [0, 0.1) is 0 Å². The van der Waals surface area contributed by atoms with Crippen molar-refractivity contribution in [2.24, 2.45) is 0 Å². The van der Waals surface area contributed by atoms with Crippen LogP contribution in [0.1, 0.15) is 6.92 Å². The van der Waals surface area contributed by atoms with E-state index in [9.17, 15) is 4.79 Å². The van der Waals surface area contributed by atoms with Gasteiger partial charge in [0.1, 0.15) is 0 Å². The summed E-state index contributed by atoms with van der Waals surface area (Å²) in [5, 5.41) is 2.86. The highest BCUT2D eigenvalue weighted by Gasteiger charge is 2.31. The molecule has 1 amide bonds. The summed E-state index contributed by atoms with van der Waals surface area (Å²) in [5.41, 5.74) is 0. The fourth-order valence-electron chi connectivity index (χ4n) is 1.37. The van der Waals surface area contributed by atoms with E-state index in [0.717, 1.165) is 13.1 Å². The Kier molecular flexibility index (Phi) is 3.73. The van der Waals surface area contributed by atoms with E-state index in [0.29, 0.717) is 0 Å². The zero-order valence-electron chi connectivity index (χ0n) is 7.21. The van der Waals surface area contributed by atoms with Crippen LogP contribution in [0.2, 0.25) is 0 Å². The van der Waals surface area contributed by atoms with Gasteiger partial charge in [-0.15, -0.1) is 0 Å². The first kappa shape index (κ1) is 10.2. The molecule has 0 aromatic carbocycles. The van der Waals surface area contributed by atoms with Crippen molar-refractivity contribution in [3.8, 4) is 0 Å². The van der Waals surface area contributed by atoms with E-state index in [1.165, 1.54) is 6.92 Å². The normalized spacial score (nSPS) is 30.6. The first-order chi connectivity index (χ1) is 5.63. The third kappa shape index (κ3) is 2.56. The summed E-state index contributed by atoms with van der Waals surface area (Å²) >= 11 is 2.23. The van der Waals surface area contributed by atoms with Crippen LogP contribution in [0.3, 0.4) is 0 Å². The molecule has 0 spiro atoms. The van der Waals surface area contributed by atoms with Crippen LogP contribution < -0.4 is 5.32 Å². The average Bonchev–Trinajstić information content (AvgIpc) is 2.29. The van der Waals surface area contributed by atoms with Gasteiger partial charge in [-0.05, 0) is 0 Å². The van der Waals surface area contributed by atoms with E-state index in [2.05, 4.69) is 31.3 Å². The topological polar surface area (TPSA) is 41.6 Å². The van der Waals surface area contributed by atoms with Crippen LogP contribution in [0.4, 0.5) is 0 Å². The second kappa shape index (κ2) is 4.38. The minimum Gasteiger partial charge on any atom is -0.378 e. The number of nitrogens with one attached hydrogen (secondary N) is 1. The number of carbonyl (C=O) groups excluding carboxylic acids is 1. The number of halogens is 1. The molecule has 1 N–H and O–H groups in total. The minimum absolute atomic E-state index is 0.00810. The van der Waals surface area contributed by atoms with E-state index in [1.807, 2.05) is 0 Å². The molecule has 0 bridgehead atoms. The first-order valence-corrected chi connectivity index (χ1v) is 4.80. The number of hydrogen-bond acceptors (Lipinski definition) is 3. The quantitative estimate of drug-likeness (QED) is 0.580. The molecule has 1 saturated heterocycles. The highest BCUT2D eigenvalue weighted by molar-refractivity contribution is 14.1. The Morgan fingerprint density at radius 2 is 2.33 bits per heavy atom. The number of carbonyl (C=O) groups is 1. The highest BCUT2D eigenvalue weighted by atomic mass is 127. The van der Waals surface area contributed by atoms with Crippen molar-refractivity contribution < 1.29 is 9.53 Å². The molecule has 2 atom stereocenters.